The van der Waals surface area contributed by atoms with Crippen molar-refractivity contribution < 1.29 is 13.9 Å². The molecule has 1 aromatic heterocycles. The smallest absolute Gasteiger partial charge is 0.261 e. The number of hydrogen-bond donors (Lipinski definition) is 2. The van der Waals surface area contributed by atoms with E-state index in [4.69, 9.17) is 4.74 Å². The molecular weight excluding hydrogens is 339 g/mol. The highest BCUT2D eigenvalue weighted by atomic mass is 35.5. The minimum atomic E-state index is -0.265. The maximum atomic E-state index is 12.9. The molecule has 2 rings (SSSR count). The van der Waals surface area contributed by atoms with Gasteiger partial charge in [-0.3, -0.25) is 4.79 Å². The Morgan fingerprint density at radius 3 is 2.57 bits per heavy atom. The largest absolute Gasteiger partial charge is 0.383 e. The topological polar surface area (TPSA) is 50.4 Å². The lowest BCUT2D eigenvalue weighted by atomic mass is 10.2. The summed E-state index contributed by atoms with van der Waals surface area (Å²) in [6.07, 6.45) is 0. The number of hydrogen-bond acceptors (Lipinski definition) is 4. The van der Waals surface area contributed by atoms with E-state index in [0.29, 0.717) is 24.6 Å². The number of amides is 1. The molecule has 1 heterocycles. The Morgan fingerprint density at radius 2 is 1.87 bits per heavy atom. The summed E-state index contributed by atoms with van der Waals surface area (Å²) in [5.74, 6) is -0.355. The maximum Gasteiger partial charge on any atom is 0.261 e. The van der Waals surface area contributed by atoms with Gasteiger partial charge in [0, 0.05) is 31.6 Å². The standard InChI is InChI=1S/C16H19FN2O2S.ClH/c1-21-11-10-18-8-9-19-16(20)15-7-6-14(22-15)12-2-4-13(17)5-3-12;/h2-7,18H,8-11H2,1H3,(H,19,20);1H. The van der Waals surface area contributed by atoms with Crippen LogP contribution < -0.4 is 10.6 Å². The maximum absolute atomic E-state index is 12.9. The summed E-state index contributed by atoms with van der Waals surface area (Å²) in [5.41, 5.74) is 0.909. The van der Waals surface area contributed by atoms with Crippen LogP contribution in [0.2, 0.25) is 0 Å². The van der Waals surface area contributed by atoms with Gasteiger partial charge in [-0.1, -0.05) is 12.1 Å². The number of methoxy groups -OCH3 is 1. The molecule has 0 saturated heterocycles. The van der Waals surface area contributed by atoms with Gasteiger partial charge in [-0.2, -0.15) is 0 Å². The van der Waals surface area contributed by atoms with Crippen LogP contribution in [-0.4, -0.2) is 39.3 Å². The lowest BCUT2D eigenvalue weighted by Crippen LogP contribution is -2.32. The molecule has 0 aliphatic carbocycles. The van der Waals surface area contributed by atoms with Gasteiger partial charge >= 0.3 is 0 Å². The number of rotatable bonds is 8. The number of nitrogens with one attached hydrogen (secondary N) is 2. The molecule has 0 spiro atoms. The van der Waals surface area contributed by atoms with Crippen LogP contribution in [0.5, 0.6) is 0 Å². The van der Waals surface area contributed by atoms with E-state index in [1.165, 1.54) is 23.5 Å². The fraction of sp³-hybridized carbons (Fsp3) is 0.312. The van der Waals surface area contributed by atoms with Gasteiger partial charge in [0.1, 0.15) is 5.82 Å². The molecule has 0 fully saturated rings. The van der Waals surface area contributed by atoms with Crippen molar-refractivity contribution in [1.29, 1.82) is 0 Å². The molecule has 126 valence electrons. The van der Waals surface area contributed by atoms with Crippen molar-refractivity contribution in [1.82, 2.24) is 10.6 Å². The van der Waals surface area contributed by atoms with Crippen LogP contribution in [0.3, 0.4) is 0 Å². The third-order valence-electron chi connectivity index (χ3n) is 3.03. The Balaban J connectivity index is 0.00000264. The molecule has 0 bridgehead atoms. The van der Waals surface area contributed by atoms with Crippen LogP contribution in [-0.2, 0) is 4.74 Å². The fourth-order valence-corrected chi connectivity index (χ4v) is 2.81. The Morgan fingerprint density at radius 1 is 1.13 bits per heavy atom. The molecule has 0 saturated carbocycles. The number of halogens is 2. The van der Waals surface area contributed by atoms with Crippen molar-refractivity contribution >= 4 is 29.7 Å². The first-order chi connectivity index (χ1) is 10.7. The van der Waals surface area contributed by atoms with E-state index in [1.807, 2.05) is 6.07 Å². The first kappa shape index (κ1) is 19.6. The van der Waals surface area contributed by atoms with Crippen LogP contribution in [0.15, 0.2) is 36.4 Å². The van der Waals surface area contributed by atoms with E-state index in [1.54, 1.807) is 25.3 Å². The normalized spacial score (nSPS) is 10.2. The van der Waals surface area contributed by atoms with Crippen molar-refractivity contribution in [2.24, 2.45) is 0 Å². The van der Waals surface area contributed by atoms with E-state index in [2.05, 4.69) is 10.6 Å². The molecular formula is C16H20ClFN2O2S. The Kier molecular flexibility index (Phi) is 8.79. The SMILES string of the molecule is COCCNCCNC(=O)c1ccc(-c2ccc(F)cc2)s1.Cl. The van der Waals surface area contributed by atoms with Crippen molar-refractivity contribution in [2.75, 3.05) is 33.4 Å². The third kappa shape index (κ3) is 6.27. The molecule has 7 heteroatoms. The summed E-state index contributed by atoms with van der Waals surface area (Å²) in [6.45, 7) is 2.68. The zero-order valence-electron chi connectivity index (χ0n) is 12.8. The van der Waals surface area contributed by atoms with Crippen molar-refractivity contribution in [2.45, 2.75) is 0 Å². The Labute approximate surface area is 145 Å². The Bertz CT molecular complexity index is 604. The van der Waals surface area contributed by atoms with Crippen LogP contribution in [0.4, 0.5) is 4.39 Å². The minimum absolute atomic E-state index is 0. The molecule has 4 nitrogen and oxygen atoms in total. The molecule has 2 aromatic rings. The van der Waals surface area contributed by atoms with E-state index in [0.717, 1.165) is 17.0 Å². The van der Waals surface area contributed by atoms with E-state index in [9.17, 15) is 9.18 Å². The molecule has 0 unspecified atom stereocenters. The first-order valence-electron chi connectivity index (χ1n) is 7.04. The average molecular weight is 359 g/mol. The highest BCUT2D eigenvalue weighted by Gasteiger charge is 2.09. The van der Waals surface area contributed by atoms with Crippen LogP contribution in [0, 0.1) is 5.82 Å². The molecule has 0 atom stereocenters. The minimum Gasteiger partial charge on any atom is -0.383 e. The van der Waals surface area contributed by atoms with Crippen molar-refractivity contribution in [3.63, 3.8) is 0 Å². The molecule has 0 aliphatic rings. The molecule has 0 aliphatic heterocycles. The third-order valence-corrected chi connectivity index (χ3v) is 4.16. The number of carbonyl (C=O) groups is 1. The Hall–Kier alpha value is -1.47. The fourth-order valence-electron chi connectivity index (χ4n) is 1.88. The van der Waals surface area contributed by atoms with Gasteiger partial charge in [-0.15, -0.1) is 23.7 Å². The van der Waals surface area contributed by atoms with Gasteiger partial charge in [0.2, 0.25) is 0 Å². The summed E-state index contributed by atoms with van der Waals surface area (Å²) in [5, 5.41) is 6.02. The predicted molar refractivity (Wildman–Crippen MR) is 94.0 cm³/mol. The summed E-state index contributed by atoms with van der Waals surface area (Å²) < 4.78 is 17.8. The van der Waals surface area contributed by atoms with E-state index in [-0.39, 0.29) is 24.1 Å². The predicted octanol–water partition coefficient (Wildman–Crippen LogP) is 2.94. The highest BCUT2D eigenvalue weighted by molar-refractivity contribution is 7.17. The molecule has 2 N–H and O–H groups in total. The summed E-state index contributed by atoms with van der Waals surface area (Å²) in [6, 6.07) is 9.92. The van der Waals surface area contributed by atoms with Crippen LogP contribution >= 0.6 is 23.7 Å². The van der Waals surface area contributed by atoms with Crippen LogP contribution in [0.25, 0.3) is 10.4 Å². The van der Waals surface area contributed by atoms with Gasteiger partial charge in [0.05, 0.1) is 11.5 Å². The first-order valence-corrected chi connectivity index (χ1v) is 7.86. The zero-order valence-corrected chi connectivity index (χ0v) is 14.4. The van der Waals surface area contributed by atoms with E-state index < -0.39 is 0 Å². The number of carbonyl (C=O) groups excluding carboxylic acids is 1. The summed E-state index contributed by atoms with van der Waals surface area (Å²) in [7, 11) is 1.65. The zero-order chi connectivity index (χ0) is 15.8. The van der Waals surface area contributed by atoms with Gasteiger partial charge in [-0.25, -0.2) is 4.39 Å². The second-order valence-electron chi connectivity index (χ2n) is 4.67. The van der Waals surface area contributed by atoms with Gasteiger partial charge < -0.3 is 15.4 Å². The summed E-state index contributed by atoms with van der Waals surface area (Å²) in [4.78, 5) is 13.6. The number of ether oxygens (including phenoxy) is 1. The van der Waals surface area contributed by atoms with Crippen LogP contribution in [0.1, 0.15) is 9.67 Å². The quantitative estimate of drug-likeness (QED) is 0.713. The van der Waals surface area contributed by atoms with Gasteiger partial charge in [0.25, 0.3) is 5.91 Å². The van der Waals surface area contributed by atoms with Crippen molar-refractivity contribution in [3.8, 4) is 10.4 Å². The molecule has 1 aromatic carbocycles. The summed E-state index contributed by atoms with van der Waals surface area (Å²) >= 11 is 1.40. The van der Waals surface area contributed by atoms with Gasteiger partial charge in [0.15, 0.2) is 0 Å². The molecule has 23 heavy (non-hydrogen) atoms. The lowest BCUT2D eigenvalue weighted by Gasteiger charge is -2.05. The second-order valence-corrected chi connectivity index (χ2v) is 5.75. The number of benzene rings is 1. The average Bonchev–Trinajstić information content (AvgIpc) is 3.01. The molecule has 1 amide bonds. The van der Waals surface area contributed by atoms with Crippen molar-refractivity contribution in [3.05, 3.63) is 47.1 Å². The highest BCUT2D eigenvalue weighted by Crippen LogP contribution is 2.28. The lowest BCUT2D eigenvalue weighted by molar-refractivity contribution is 0.0957. The monoisotopic (exact) mass is 358 g/mol. The van der Waals surface area contributed by atoms with E-state index >= 15 is 0 Å². The molecule has 0 radical (unpaired) electrons. The van der Waals surface area contributed by atoms with Gasteiger partial charge in [-0.05, 0) is 29.8 Å². The second kappa shape index (κ2) is 10.3. The number of thiophene rings is 1.